The van der Waals surface area contributed by atoms with Crippen LogP contribution >= 0.6 is 14.3 Å². The van der Waals surface area contributed by atoms with Crippen LogP contribution < -0.4 is 31.8 Å². The van der Waals surface area contributed by atoms with Gasteiger partial charge in [0.25, 0.3) is 0 Å². The molecule has 0 fully saturated rings. The zero-order valence-corrected chi connectivity index (χ0v) is 60.4. The Morgan fingerprint density at radius 3 is 0.704 bits per heavy atom. The monoisotopic (exact) mass is 1420 g/mol. The molecule has 0 unspecified atom stereocenters. The average molecular weight is 1420 g/mol. The first-order valence-corrected chi connectivity index (χ1v) is 39.3. The fraction of sp³-hybridized carbons (Fsp3) is 0. The molecule has 8 nitrogen and oxygen atoms in total. The lowest BCUT2D eigenvalue weighted by atomic mass is 9.94. The molecule has 0 N–H and O–H groups in total. The lowest BCUT2D eigenvalue weighted by molar-refractivity contribution is 0.591. The van der Waals surface area contributed by atoms with Crippen LogP contribution in [0.15, 0.2) is 413 Å². The molecule has 2 aromatic heterocycles. The standard InChI is InChI=1S/2C49H34N3OP/c53-54(42-19-9-3-10-20-42,43-21-11-4-12-22-43)44-32-30-37(31-33-44)45-23-13-18-36-26-29-41(34-46(36)45)35-24-27-40(28-25-35)49-51-47(38-14-5-1-6-15-38)50-48(52-49)39-16-7-2-8-17-39;53-54(44-17-9-3-10-18-44,45-19-11-4-12-20-45)46-31-29-36(30-32-46)42-28-24-37-23-27-41(33-43(37)34-42)35-21-25-40(26-22-35)49-51-47(38-13-5-1-6-14-38)50-48(52-49)39-15-7-2-8-16-39/h2*1-34H. The summed E-state index contributed by atoms with van der Waals surface area (Å²) in [5.74, 6) is 3.83. The van der Waals surface area contributed by atoms with E-state index >= 15 is 0 Å². The molecule has 18 aromatic rings. The van der Waals surface area contributed by atoms with E-state index in [9.17, 15) is 9.13 Å². The van der Waals surface area contributed by atoms with Gasteiger partial charge in [-0.25, -0.2) is 29.9 Å². The largest absolute Gasteiger partial charge is 0.309 e. The van der Waals surface area contributed by atoms with Crippen LogP contribution in [0.5, 0.6) is 0 Å². The highest BCUT2D eigenvalue weighted by Gasteiger charge is 2.31. The highest BCUT2D eigenvalue weighted by atomic mass is 31.2. The molecule has 0 aliphatic rings. The molecular weight excluding hydrogens is 1360 g/mol. The predicted molar refractivity (Wildman–Crippen MR) is 448 cm³/mol. The molecule has 512 valence electrons. The SMILES string of the molecule is O=P(c1ccccc1)(c1ccccc1)c1ccc(-c2ccc3ccc(-c4ccc(-c5nc(-c6ccccc6)nc(-c6ccccc6)n5)cc4)cc3c2)cc1.O=P(c1ccccc1)(c1ccccc1)c1ccc(-c2cccc3ccc(-c4ccc(-c5nc(-c6ccccc6)nc(-c6ccccc6)n5)cc4)cc23)cc1. The van der Waals surface area contributed by atoms with Gasteiger partial charge in [0, 0.05) is 65.2 Å². The van der Waals surface area contributed by atoms with Crippen molar-refractivity contribution in [1.29, 1.82) is 0 Å². The molecule has 0 atom stereocenters. The third-order valence-corrected chi connectivity index (χ3v) is 25.8. The van der Waals surface area contributed by atoms with Crippen LogP contribution in [-0.2, 0) is 9.13 Å². The third kappa shape index (κ3) is 14.0. The number of rotatable bonds is 16. The van der Waals surface area contributed by atoms with E-state index in [0.29, 0.717) is 34.9 Å². The maximum Gasteiger partial charge on any atom is 0.171 e. The van der Waals surface area contributed by atoms with Crippen molar-refractivity contribution < 1.29 is 9.13 Å². The molecule has 0 radical (unpaired) electrons. The first-order chi connectivity index (χ1) is 53.2. The molecule has 0 saturated carbocycles. The number of nitrogens with zero attached hydrogens (tertiary/aromatic N) is 6. The lowest BCUT2D eigenvalue weighted by Crippen LogP contribution is -2.24. The first kappa shape index (κ1) is 67.7. The van der Waals surface area contributed by atoms with Crippen LogP contribution in [0.1, 0.15) is 0 Å². The number of fused-ring (bicyclic) bond motifs is 2. The maximum atomic E-state index is 14.9. The van der Waals surface area contributed by atoms with Crippen molar-refractivity contribution >= 4 is 67.7 Å². The Hall–Kier alpha value is -13.5. The summed E-state index contributed by atoms with van der Waals surface area (Å²) in [6.07, 6.45) is 0. The van der Waals surface area contributed by atoms with Crippen LogP contribution in [0.4, 0.5) is 0 Å². The molecule has 2 heterocycles. The topological polar surface area (TPSA) is 111 Å². The second-order valence-electron chi connectivity index (χ2n) is 26.4. The molecule has 0 bridgehead atoms. The minimum Gasteiger partial charge on any atom is -0.309 e. The molecule has 108 heavy (non-hydrogen) atoms. The van der Waals surface area contributed by atoms with Gasteiger partial charge in [0.05, 0.1) is 0 Å². The van der Waals surface area contributed by atoms with Gasteiger partial charge in [0.15, 0.2) is 49.2 Å². The zero-order chi connectivity index (χ0) is 72.6. The van der Waals surface area contributed by atoms with Gasteiger partial charge in [-0.2, -0.15) is 0 Å². The average Bonchev–Trinajstić information content (AvgIpc) is 0.767. The van der Waals surface area contributed by atoms with Crippen LogP contribution in [0.25, 0.3) is 134 Å². The van der Waals surface area contributed by atoms with E-state index < -0.39 is 14.3 Å². The molecule has 18 rings (SSSR count). The Kier molecular flexibility index (Phi) is 19.0. The Bertz CT molecular complexity index is 6090. The Labute approximate surface area is 628 Å². The fourth-order valence-corrected chi connectivity index (χ4v) is 19.3. The second-order valence-corrected chi connectivity index (χ2v) is 31.9. The van der Waals surface area contributed by atoms with Crippen molar-refractivity contribution in [1.82, 2.24) is 29.9 Å². The maximum absolute atomic E-state index is 14.9. The molecule has 10 heteroatoms. The quantitative estimate of drug-likeness (QED) is 0.0880. The van der Waals surface area contributed by atoms with E-state index in [0.717, 1.165) is 126 Å². The summed E-state index contributed by atoms with van der Waals surface area (Å²) >= 11 is 0. The molecule has 0 amide bonds. The summed E-state index contributed by atoms with van der Waals surface area (Å²) in [5.41, 5.74) is 14.4. The number of aromatic nitrogens is 6. The summed E-state index contributed by atoms with van der Waals surface area (Å²) in [6.45, 7) is 0. The van der Waals surface area contributed by atoms with Gasteiger partial charge in [-0.15, -0.1) is 0 Å². The molecule has 0 aliphatic heterocycles. The van der Waals surface area contributed by atoms with E-state index in [1.54, 1.807) is 0 Å². The lowest BCUT2D eigenvalue weighted by Gasteiger charge is -2.20. The summed E-state index contributed by atoms with van der Waals surface area (Å²) < 4.78 is 29.8. The van der Waals surface area contributed by atoms with Crippen LogP contribution in [0.3, 0.4) is 0 Å². The van der Waals surface area contributed by atoms with Gasteiger partial charge in [0.1, 0.15) is 0 Å². The predicted octanol–water partition coefficient (Wildman–Crippen LogP) is 22.0. The molecule has 0 saturated heterocycles. The summed E-state index contributed by atoms with van der Waals surface area (Å²) in [4.78, 5) is 29.3. The number of hydrogen-bond acceptors (Lipinski definition) is 8. The van der Waals surface area contributed by atoms with Gasteiger partial charge < -0.3 is 9.13 Å². The smallest absolute Gasteiger partial charge is 0.171 e. The second kappa shape index (κ2) is 30.3. The van der Waals surface area contributed by atoms with Gasteiger partial charge in [-0.3, -0.25) is 0 Å². The molecule has 0 spiro atoms. The summed E-state index contributed by atoms with van der Waals surface area (Å²) in [7, 11) is -6.10. The first-order valence-electron chi connectivity index (χ1n) is 35.9. The fourth-order valence-electron chi connectivity index (χ4n) is 14.0. The highest BCUT2D eigenvalue weighted by molar-refractivity contribution is 7.85. The molecule has 0 aliphatic carbocycles. The van der Waals surface area contributed by atoms with Gasteiger partial charge in [-0.05, 0) is 84.3 Å². The summed E-state index contributed by atoms with van der Waals surface area (Å²) in [6, 6.07) is 139. The summed E-state index contributed by atoms with van der Waals surface area (Å²) in [5, 5.41) is 9.57. The minimum absolute atomic E-state index is 0.627. The van der Waals surface area contributed by atoms with E-state index in [2.05, 4.69) is 146 Å². The van der Waals surface area contributed by atoms with Gasteiger partial charge in [-0.1, -0.05) is 394 Å². The Morgan fingerprint density at radius 2 is 0.389 bits per heavy atom. The van der Waals surface area contributed by atoms with Crippen LogP contribution in [0.2, 0.25) is 0 Å². The zero-order valence-electron chi connectivity index (χ0n) is 58.7. The molecular formula is C98H68N6O2P2. The van der Waals surface area contributed by atoms with Crippen molar-refractivity contribution in [3.05, 3.63) is 413 Å². The van der Waals surface area contributed by atoms with Crippen molar-refractivity contribution in [3.63, 3.8) is 0 Å². The third-order valence-electron chi connectivity index (χ3n) is 19.7. The van der Waals surface area contributed by atoms with Crippen molar-refractivity contribution in [2.45, 2.75) is 0 Å². The Balaban J connectivity index is 0.000000158. The van der Waals surface area contributed by atoms with Crippen LogP contribution in [0, 0.1) is 0 Å². The normalized spacial score (nSPS) is 11.4. The van der Waals surface area contributed by atoms with Gasteiger partial charge in [0.2, 0.25) is 0 Å². The number of benzene rings is 16. The Morgan fingerprint density at radius 1 is 0.157 bits per heavy atom. The van der Waals surface area contributed by atoms with Crippen LogP contribution in [-0.4, -0.2) is 29.9 Å². The van der Waals surface area contributed by atoms with E-state index in [1.807, 2.05) is 267 Å². The van der Waals surface area contributed by atoms with E-state index in [1.165, 1.54) is 5.39 Å². The van der Waals surface area contributed by atoms with Gasteiger partial charge >= 0.3 is 0 Å². The van der Waals surface area contributed by atoms with Crippen molar-refractivity contribution in [2.75, 3.05) is 0 Å². The van der Waals surface area contributed by atoms with E-state index in [4.69, 9.17) is 29.9 Å². The van der Waals surface area contributed by atoms with Crippen molar-refractivity contribution in [2.24, 2.45) is 0 Å². The minimum atomic E-state index is -3.06. The molecule has 16 aromatic carbocycles. The number of hydrogen-bond donors (Lipinski definition) is 0. The highest BCUT2D eigenvalue weighted by Crippen LogP contribution is 2.45. The van der Waals surface area contributed by atoms with E-state index in [-0.39, 0.29) is 0 Å². The van der Waals surface area contributed by atoms with Crippen molar-refractivity contribution in [3.8, 4) is 113 Å².